The van der Waals surface area contributed by atoms with Crippen LogP contribution in [0.1, 0.15) is 82.6 Å². The molecule has 1 fully saturated rings. The summed E-state index contributed by atoms with van der Waals surface area (Å²) in [6.45, 7) is 6.08. The summed E-state index contributed by atoms with van der Waals surface area (Å²) < 4.78 is 5.42. The van der Waals surface area contributed by atoms with Gasteiger partial charge in [0.2, 0.25) is 5.91 Å². The molecule has 158 valence electrons. The number of rotatable bonds is 10. The van der Waals surface area contributed by atoms with Gasteiger partial charge in [-0.1, -0.05) is 38.3 Å². The predicted octanol–water partition coefficient (Wildman–Crippen LogP) is 3.33. The Labute approximate surface area is 169 Å². The van der Waals surface area contributed by atoms with E-state index < -0.39 is 0 Å². The fourth-order valence-electron chi connectivity index (χ4n) is 3.81. The molecule has 28 heavy (non-hydrogen) atoms. The topological polar surface area (TPSA) is 91.6 Å². The van der Waals surface area contributed by atoms with E-state index in [4.69, 9.17) is 4.52 Å². The van der Waals surface area contributed by atoms with Crippen LogP contribution in [-0.2, 0) is 11.3 Å². The molecule has 0 saturated heterocycles. The maximum Gasteiger partial charge on any atom is 0.220 e. The van der Waals surface area contributed by atoms with Gasteiger partial charge in [0.25, 0.3) is 0 Å². The van der Waals surface area contributed by atoms with E-state index >= 15 is 0 Å². The van der Waals surface area contributed by atoms with Crippen molar-refractivity contribution in [1.82, 2.24) is 21.1 Å². The summed E-state index contributed by atoms with van der Waals surface area (Å²) in [5.41, 5.74) is 1.02. The van der Waals surface area contributed by atoms with Crippen molar-refractivity contribution in [2.45, 2.75) is 77.7 Å². The van der Waals surface area contributed by atoms with Gasteiger partial charge in [-0.15, -0.1) is 0 Å². The van der Waals surface area contributed by atoms with Crippen molar-refractivity contribution in [3.63, 3.8) is 0 Å². The van der Waals surface area contributed by atoms with E-state index in [2.05, 4.69) is 39.9 Å². The van der Waals surface area contributed by atoms with Gasteiger partial charge in [0.15, 0.2) is 11.7 Å². The first kappa shape index (κ1) is 22.2. The van der Waals surface area contributed by atoms with Gasteiger partial charge in [0.05, 0.1) is 12.2 Å². The second-order valence-corrected chi connectivity index (χ2v) is 7.64. The number of nitrogens with one attached hydrogen (secondary N) is 3. The molecule has 7 nitrogen and oxygen atoms in total. The van der Waals surface area contributed by atoms with Gasteiger partial charge >= 0.3 is 0 Å². The Morgan fingerprint density at radius 3 is 2.57 bits per heavy atom. The third-order valence-electron chi connectivity index (χ3n) is 5.57. The summed E-state index contributed by atoms with van der Waals surface area (Å²) in [5.74, 6) is 2.66. The average molecular weight is 392 g/mol. The summed E-state index contributed by atoms with van der Waals surface area (Å²) in [6.07, 6.45) is 9.04. The highest BCUT2D eigenvalue weighted by Crippen LogP contribution is 2.26. The van der Waals surface area contributed by atoms with Crippen LogP contribution in [0.3, 0.4) is 0 Å². The number of aromatic nitrogens is 1. The third-order valence-corrected chi connectivity index (χ3v) is 5.57. The Morgan fingerprint density at radius 1 is 1.18 bits per heavy atom. The van der Waals surface area contributed by atoms with Gasteiger partial charge in [-0.05, 0) is 31.6 Å². The quantitative estimate of drug-likeness (QED) is 0.323. The Balaban J connectivity index is 1.62. The molecule has 7 heteroatoms. The van der Waals surface area contributed by atoms with E-state index in [1.54, 1.807) is 7.05 Å². The molecule has 1 aliphatic rings. The molecule has 0 radical (unpaired) electrons. The van der Waals surface area contributed by atoms with E-state index in [-0.39, 0.29) is 5.91 Å². The van der Waals surface area contributed by atoms with Crippen molar-refractivity contribution in [1.29, 1.82) is 0 Å². The second kappa shape index (κ2) is 12.4. The van der Waals surface area contributed by atoms with Crippen LogP contribution in [0, 0.1) is 5.92 Å². The number of carbonyl (C=O) groups excluding carboxylic acids is 1. The van der Waals surface area contributed by atoms with Crippen LogP contribution in [0.25, 0.3) is 0 Å². The molecule has 0 spiro atoms. The fraction of sp³-hybridized carbons (Fsp3) is 0.762. The largest absolute Gasteiger partial charge is 0.359 e. The number of guanidine groups is 1. The average Bonchev–Trinajstić information content (AvgIpc) is 3.18. The van der Waals surface area contributed by atoms with Crippen LogP contribution in [0.15, 0.2) is 15.6 Å². The standard InChI is InChI=1S/C21H37N5O2/c1-4-17(5-2)19-14-18(28-26-19)15-25-21(22-3)24-12-11-23-20(27)13-16-9-7-6-8-10-16/h14,16-17H,4-13,15H2,1-3H3,(H,23,27)(H2,22,24,25). The van der Waals surface area contributed by atoms with Crippen molar-refractivity contribution in [2.75, 3.05) is 20.1 Å². The van der Waals surface area contributed by atoms with E-state index in [0.717, 1.165) is 24.3 Å². The summed E-state index contributed by atoms with van der Waals surface area (Å²) in [4.78, 5) is 16.2. The predicted molar refractivity (Wildman–Crippen MR) is 112 cm³/mol. The van der Waals surface area contributed by atoms with Crippen LogP contribution >= 0.6 is 0 Å². The zero-order chi connectivity index (χ0) is 20.2. The van der Waals surface area contributed by atoms with Crippen molar-refractivity contribution >= 4 is 11.9 Å². The Kier molecular flexibility index (Phi) is 9.86. The first-order valence-corrected chi connectivity index (χ1v) is 10.8. The van der Waals surface area contributed by atoms with Gasteiger partial charge in [0.1, 0.15) is 0 Å². The first-order chi connectivity index (χ1) is 13.7. The molecule has 1 heterocycles. The second-order valence-electron chi connectivity index (χ2n) is 7.64. The molecule has 0 unspecified atom stereocenters. The number of carbonyl (C=O) groups is 1. The zero-order valence-electron chi connectivity index (χ0n) is 17.7. The van der Waals surface area contributed by atoms with Crippen molar-refractivity contribution in [2.24, 2.45) is 10.9 Å². The Bertz CT molecular complexity index is 604. The number of amides is 1. The number of hydrogen-bond donors (Lipinski definition) is 3. The molecule has 1 aromatic heterocycles. The lowest BCUT2D eigenvalue weighted by Crippen LogP contribution is -2.41. The van der Waals surface area contributed by atoms with E-state index in [0.29, 0.717) is 43.9 Å². The van der Waals surface area contributed by atoms with Gasteiger partial charge in [-0.25, -0.2) is 0 Å². The lowest BCUT2D eigenvalue weighted by atomic mass is 9.87. The maximum absolute atomic E-state index is 12.0. The SMILES string of the molecule is CCC(CC)c1cc(CNC(=NC)NCCNC(=O)CC2CCCCC2)on1. The van der Waals surface area contributed by atoms with Crippen LogP contribution in [0.5, 0.6) is 0 Å². The molecule has 1 amide bonds. The van der Waals surface area contributed by atoms with Gasteiger partial charge < -0.3 is 20.5 Å². The van der Waals surface area contributed by atoms with Crippen LogP contribution < -0.4 is 16.0 Å². The van der Waals surface area contributed by atoms with Crippen molar-refractivity contribution in [3.8, 4) is 0 Å². The van der Waals surface area contributed by atoms with Gasteiger partial charge in [-0.3, -0.25) is 9.79 Å². The van der Waals surface area contributed by atoms with Crippen LogP contribution in [0.2, 0.25) is 0 Å². The van der Waals surface area contributed by atoms with E-state index in [9.17, 15) is 4.79 Å². The van der Waals surface area contributed by atoms with E-state index in [1.165, 1.54) is 32.1 Å². The molecule has 1 saturated carbocycles. The highest BCUT2D eigenvalue weighted by Gasteiger charge is 2.16. The summed E-state index contributed by atoms with van der Waals surface area (Å²) >= 11 is 0. The van der Waals surface area contributed by atoms with Crippen LogP contribution in [-0.4, -0.2) is 37.2 Å². The monoisotopic (exact) mass is 391 g/mol. The molecule has 1 aromatic rings. The highest BCUT2D eigenvalue weighted by molar-refractivity contribution is 5.79. The smallest absolute Gasteiger partial charge is 0.220 e. The zero-order valence-corrected chi connectivity index (χ0v) is 17.7. The fourth-order valence-corrected chi connectivity index (χ4v) is 3.81. The number of aliphatic imine (C=N–C) groups is 1. The molecule has 0 aliphatic heterocycles. The van der Waals surface area contributed by atoms with Crippen molar-refractivity contribution < 1.29 is 9.32 Å². The Hall–Kier alpha value is -2.05. The summed E-state index contributed by atoms with van der Waals surface area (Å²) in [7, 11) is 1.73. The molecule has 0 aromatic carbocycles. The Morgan fingerprint density at radius 2 is 1.89 bits per heavy atom. The third kappa shape index (κ3) is 7.52. The number of nitrogens with zero attached hydrogens (tertiary/aromatic N) is 2. The minimum atomic E-state index is 0.159. The van der Waals surface area contributed by atoms with Crippen molar-refractivity contribution in [3.05, 3.63) is 17.5 Å². The molecular weight excluding hydrogens is 354 g/mol. The summed E-state index contributed by atoms with van der Waals surface area (Å²) in [6, 6.07) is 2.02. The summed E-state index contributed by atoms with van der Waals surface area (Å²) in [5, 5.41) is 13.6. The lowest BCUT2D eigenvalue weighted by molar-refractivity contribution is -0.122. The minimum Gasteiger partial charge on any atom is -0.359 e. The molecular formula is C21H37N5O2. The highest BCUT2D eigenvalue weighted by atomic mass is 16.5. The lowest BCUT2D eigenvalue weighted by Gasteiger charge is -2.20. The molecule has 0 bridgehead atoms. The molecule has 0 atom stereocenters. The van der Waals surface area contributed by atoms with Gasteiger partial charge in [0, 0.05) is 38.5 Å². The molecule has 3 N–H and O–H groups in total. The minimum absolute atomic E-state index is 0.159. The first-order valence-electron chi connectivity index (χ1n) is 10.8. The maximum atomic E-state index is 12.0. The molecule has 1 aliphatic carbocycles. The normalized spacial score (nSPS) is 15.6. The van der Waals surface area contributed by atoms with E-state index in [1.807, 2.05) is 6.07 Å². The number of hydrogen-bond acceptors (Lipinski definition) is 4. The van der Waals surface area contributed by atoms with Gasteiger partial charge in [-0.2, -0.15) is 0 Å². The van der Waals surface area contributed by atoms with Crippen LogP contribution in [0.4, 0.5) is 0 Å². The molecule has 2 rings (SSSR count).